The van der Waals surface area contributed by atoms with Crippen LogP contribution in [0.15, 0.2) is 0 Å². The van der Waals surface area contributed by atoms with Crippen LogP contribution >= 0.6 is 0 Å². The maximum Gasteiger partial charge on any atom is 0.151 e. The molecule has 0 aromatic rings. The molecule has 0 spiro atoms. The Hall–Kier alpha value is -0.600. The fourth-order valence-corrected chi connectivity index (χ4v) is 4.73. The van der Waals surface area contributed by atoms with Gasteiger partial charge in [0.25, 0.3) is 0 Å². The lowest BCUT2D eigenvalue weighted by Gasteiger charge is -2.31. The Morgan fingerprint density at radius 3 is 2.62 bits per heavy atom. The van der Waals surface area contributed by atoms with Gasteiger partial charge in [0, 0.05) is 12.1 Å². The minimum Gasteiger partial charge on any atom is -0.298 e. The van der Waals surface area contributed by atoms with Crippen LogP contribution in [0.25, 0.3) is 0 Å². The average Bonchev–Trinajstić information content (AvgIpc) is 2.82. The molecule has 1 aliphatic carbocycles. The summed E-state index contributed by atoms with van der Waals surface area (Å²) in [6.07, 6.45) is 3.82. The Kier molecular flexibility index (Phi) is 3.22. The van der Waals surface area contributed by atoms with Crippen molar-refractivity contribution in [3.05, 3.63) is 0 Å². The highest BCUT2D eigenvalue weighted by atomic mass is 32.2. The van der Waals surface area contributed by atoms with E-state index in [2.05, 4.69) is 11.0 Å². The second-order valence-electron chi connectivity index (χ2n) is 4.96. The third-order valence-corrected chi connectivity index (χ3v) is 5.70. The molecule has 2 fully saturated rings. The van der Waals surface area contributed by atoms with Crippen molar-refractivity contribution in [2.75, 3.05) is 18.6 Å². The smallest absolute Gasteiger partial charge is 0.151 e. The molecule has 3 atom stereocenters. The van der Waals surface area contributed by atoms with Crippen LogP contribution in [0.2, 0.25) is 0 Å². The van der Waals surface area contributed by atoms with Crippen molar-refractivity contribution in [2.45, 2.75) is 37.8 Å². The molecule has 5 heteroatoms. The lowest BCUT2D eigenvalue weighted by atomic mass is 10.0. The van der Waals surface area contributed by atoms with E-state index in [1.165, 1.54) is 0 Å². The van der Waals surface area contributed by atoms with E-state index in [1.54, 1.807) is 0 Å². The van der Waals surface area contributed by atoms with Crippen LogP contribution in [0.3, 0.4) is 0 Å². The minimum atomic E-state index is -2.82. The molecule has 1 aliphatic heterocycles. The lowest BCUT2D eigenvalue weighted by molar-refractivity contribution is 0.170. The molecular formula is C11H18N2O2S. The highest BCUT2D eigenvalue weighted by Gasteiger charge is 2.38. The maximum atomic E-state index is 11.4. The molecule has 0 aromatic carbocycles. The highest BCUT2D eigenvalue weighted by Crippen LogP contribution is 2.31. The van der Waals surface area contributed by atoms with Gasteiger partial charge < -0.3 is 0 Å². The molecule has 0 aromatic heterocycles. The Labute approximate surface area is 97.2 Å². The Bertz CT molecular complexity index is 399. The molecule has 2 aliphatic rings. The molecule has 1 saturated carbocycles. The standard InChI is InChI=1S/C11H18N2O2S/c1-13(10-5-6-16(14,15)8-10)11-4-2-3-9(11)7-12/h9-11H,2-6,8H2,1H3. The molecule has 4 nitrogen and oxygen atoms in total. The predicted molar refractivity (Wildman–Crippen MR) is 61.6 cm³/mol. The van der Waals surface area contributed by atoms with Gasteiger partial charge in [-0.25, -0.2) is 8.42 Å². The van der Waals surface area contributed by atoms with Gasteiger partial charge in [0.15, 0.2) is 9.84 Å². The molecular weight excluding hydrogens is 224 g/mol. The molecule has 3 unspecified atom stereocenters. The van der Waals surface area contributed by atoms with Gasteiger partial charge in [-0.3, -0.25) is 4.90 Å². The van der Waals surface area contributed by atoms with E-state index in [0.717, 1.165) is 25.7 Å². The van der Waals surface area contributed by atoms with Crippen molar-refractivity contribution in [1.82, 2.24) is 4.90 Å². The first-order valence-electron chi connectivity index (χ1n) is 5.85. The first-order chi connectivity index (χ1) is 7.53. The van der Waals surface area contributed by atoms with Crippen LogP contribution in [-0.4, -0.2) is 44.0 Å². The van der Waals surface area contributed by atoms with Crippen molar-refractivity contribution < 1.29 is 8.42 Å². The number of hydrogen-bond acceptors (Lipinski definition) is 4. The predicted octanol–water partition coefficient (Wildman–Crippen LogP) is 0.798. The summed E-state index contributed by atoms with van der Waals surface area (Å²) in [5, 5.41) is 9.04. The molecule has 0 bridgehead atoms. The number of sulfone groups is 1. The van der Waals surface area contributed by atoms with Crippen molar-refractivity contribution in [1.29, 1.82) is 5.26 Å². The largest absolute Gasteiger partial charge is 0.298 e. The van der Waals surface area contributed by atoms with Gasteiger partial charge in [-0.15, -0.1) is 0 Å². The quantitative estimate of drug-likeness (QED) is 0.718. The lowest BCUT2D eigenvalue weighted by Crippen LogP contribution is -2.42. The second kappa shape index (κ2) is 4.34. The van der Waals surface area contributed by atoms with E-state index in [0.29, 0.717) is 5.75 Å². The molecule has 1 saturated heterocycles. The van der Waals surface area contributed by atoms with Gasteiger partial charge in [0.05, 0.1) is 23.5 Å². The zero-order valence-electron chi connectivity index (χ0n) is 9.59. The van der Waals surface area contributed by atoms with Gasteiger partial charge in [-0.05, 0) is 26.3 Å². The van der Waals surface area contributed by atoms with Crippen LogP contribution in [0.5, 0.6) is 0 Å². The van der Waals surface area contributed by atoms with E-state index in [9.17, 15) is 8.42 Å². The summed E-state index contributed by atoms with van der Waals surface area (Å²) in [4.78, 5) is 2.14. The highest BCUT2D eigenvalue weighted by molar-refractivity contribution is 7.91. The van der Waals surface area contributed by atoms with Gasteiger partial charge >= 0.3 is 0 Å². The van der Waals surface area contributed by atoms with Crippen LogP contribution in [0, 0.1) is 17.2 Å². The van der Waals surface area contributed by atoms with Crippen LogP contribution in [0.4, 0.5) is 0 Å². The van der Waals surface area contributed by atoms with Crippen molar-refractivity contribution in [2.24, 2.45) is 5.92 Å². The topological polar surface area (TPSA) is 61.2 Å². The van der Waals surface area contributed by atoms with Crippen molar-refractivity contribution >= 4 is 9.84 Å². The first kappa shape index (κ1) is 11.9. The summed E-state index contributed by atoms with van der Waals surface area (Å²) >= 11 is 0. The number of nitrogens with zero attached hydrogens (tertiary/aromatic N) is 2. The summed E-state index contributed by atoms with van der Waals surface area (Å²) in [7, 11) is -0.841. The maximum absolute atomic E-state index is 11.4. The van der Waals surface area contributed by atoms with Gasteiger partial charge in [-0.2, -0.15) is 5.26 Å². The zero-order chi connectivity index (χ0) is 11.8. The Balaban J connectivity index is 2.03. The van der Waals surface area contributed by atoms with Gasteiger partial charge in [-0.1, -0.05) is 6.42 Å². The first-order valence-corrected chi connectivity index (χ1v) is 7.67. The van der Waals surface area contributed by atoms with E-state index < -0.39 is 9.84 Å². The average molecular weight is 242 g/mol. The molecule has 0 N–H and O–H groups in total. The monoisotopic (exact) mass is 242 g/mol. The summed E-state index contributed by atoms with van der Waals surface area (Å²) in [6, 6.07) is 2.74. The fourth-order valence-electron chi connectivity index (χ4n) is 2.95. The summed E-state index contributed by atoms with van der Waals surface area (Å²) in [5.74, 6) is 0.678. The molecule has 0 amide bonds. The fraction of sp³-hybridized carbons (Fsp3) is 0.909. The van der Waals surface area contributed by atoms with E-state index in [-0.39, 0.29) is 23.8 Å². The molecule has 90 valence electrons. The minimum absolute atomic E-state index is 0.0910. The number of rotatable bonds is 2. The zero-order valence-corrected chi connectivity index (χ0v) is 10.4. The van der Waals surface area contributed by atoms with E-state index in [1.807, 2.05) is 7.05 Å². The summed E-state index contributed by atoms with van der Waals surface area (Å²) in [5.41, 5.74) is 0. The number of hydrogen-bond donors (Lipinski definition) is 0. The van der Waals surface area contributed by atoms with Gasteiger partial charge in [0.2, 0.25) is 0 Å². The normalized spacial score (nSPS) is 37.7. The van der Waals surface area contributed by atoms with E-state index >= 15 is 0 Å². The third-order valence-electron chi connectivity index (χ3n) is 3.95. The second-order valence-corrected chi connectivity index (χ2v) is 7.18. The van der Waals surface area contributed by atoms with Crippen LogP contribution in [-0.2, 0) is 9.84 Å². The number of nitriles is 1. The third kappa shape index (κ3) is 2.23. The molecule has 2 rings (SSSR count). The summed E-state index contributed by atoms with van der Waals surface area (Å²) < 4.78 is 22.8. The molecule has 1 heterocycles. The van der Waals surface area contributed by atoms with E-state index in [4.69, 9.17) is 5.26 Å². The molecule has 0 radical (unpaired) electrons. The SMILES string of the molecule is CN(C1CCS(=O)(=O)C1)C1CCCC1C#N. The Morgan fingerprint density at radius 2 is 2.06 bits per heavy atom. The summed E-state index contributed by atoms with van der Waals surface area (Å²) in [6.45, 7) is 0. The van der Waals surface area contributed by atoms with Crippen molar-refractivity contribution in [3.63, 3.8) is 0 Å². The van der Waals surface area contributed by atoms with Crippen LogP contribution in [0.1, 0.15) is 25.7 Å². The molecule has 16 heavy (non-hydrogen) atoms. The van der Waals surface area contributed by atoms with Crippen LogP contribution < -0.4 is 0 Å². The van der Waals surface area contributed by atoms with Gasteiger partial charge in [0.1, 0.15) is 0 Å². The van der Waals surface area contributed by atoms with Crippen molar-refractivity contribution in [3.8, 4) is 6.07 Å². The Morgan fingerprint density at radius 1 is 1.31 bits per heavy atom.